The van der Waals surface area contributed by atoms with Crippen LogP contribution in [-0.4, -0.2) is 63.9 Å². The van der Waals surface area contributed by atoms with Gasteiger partial charge in [-0.3, -0.25) is 9.89 Å². The van der Waals surface area contributed by atoms with E-state index in [0.29, 0.717) is 13.2 Å². The summed E-state index contributed by atoms with van der Waals surface area (Å²) < 4.78 is 11.3. The van der Waals surface area contributed by atoms with Crippen LogP contribution in [0.5, 0.6) is 5.75 Å². The van der Waals surface area contributed by atoms with Crippen LogP contribution in [0, 0.1) is 0 Å². The molecule has 0 radical (unpaired) electrons. The molecule has 1 aromatic heterocycles. The van der Waals surface area contributed by atoms with Gasteiger partial charge in [-0.2, -0.15) is 0 Å². The van der Waals surface area contributed by atoms with Crippen molar-refractivity contribution in [2.24, 2.45) is 4.99 Å². The predicted molar refractivity (Wildman–Crippen MR) is 115 cm³/mol. The first-order valence-electron chi connectivity index (χ1n) is 9.82. The van der Waals surface area contributed by atoms with Gasteiger partial charge < -0.3 is 20.1 Å². The van der Waals surface area contributed by atoms with Crippen LogP contribution in [0.1, 0.15) is 10.4 Å². The standard InChI is InChI=1S/C21H30N4O2S/c1-22-21(23-8-7-20-6-3-15-28-20)24-17-18-4-2-5-19(16-18)27-14-11-25-9-12-26-13-10-25/h2-6,15-16H,7-14,17H2,1H3,(H2,22,23,24). The third-order valence-electron chi connectivity index (χ3n) is 4.61. The van der Waals surface area contributed by atoms with E-state index < -0.39 is 0 Å². The Hall–Kier alpha value is -2.09. The van der Waals surface area contributed by atoms with E-state index in [2.05, 4.69) is 50.2 Å². The molecule has 152 valence electrons. The van der Waals surface area contributed by atoms with Crippen LogP contribution in [-0.2, 0) is 17.7 Å². The van der Waals surface area contributed by atoms with Crippen molar-refractivity contribution < 1.29 is 9.47 Å². The second-order valence-electron chi connectivity index (χ2n) is 6.63. The summed E-state index contributed by atoms with van der Waals surface area (Å²) in [7, 11) is 1.80. The fraction of sp³-hybridized carbons (Fsp3) is 0.476. The third kappa shape index (κ3) is 7.14. The van der Waals surface area contributed by atoms with E-state index in [4.69, 9.17) is 9.47 Å². The zero-order valence-corrected chi connectivity index (χ0v) is 17.3. The quantitative estimate of drug-likeness (QED) is 0.498. The molecule has 0 saturated carbocycles. The number of hydrogen-bond acceptors (Lipinski definition) is 5. The van der Waals surface area contributed by atoms with Crippen LogP contribution in [0.4, 0.5) is 0 Å². The van der Waals surface area contributed by atoms with Crippen molar-refractivity contribution in [3.63, 3.8) is 0 Å². The Morgan fingerprint density at radius 2 is 2.11 bits per heavy atom. The highest BCUT2D eigenvalue weighted by molar-refractivity contribution is 7.09. The van der Waals surface area contributed by atoms with Crippen LogP contribution >= 0.6 is 11.3 Å². The van der Waals surface area contributed by atoms with E-state index in [1.165, 1.54) is 10.4 Å². The smallest absolute Gasteiger partial charge is 0.191 e. The minimum atomic E-state index is 0.697. The molecular formula is C21H30N4O2S. The van der Waals surface area contributed by atoms with Gasteiger partial charge in [-0.05, 0) is 35.6 Å². The van der Waals surface area contributed by atoms with E-state index in [9.17, 15) is 0 Å². The number of ether oxygens (including phenoxy) is 2. The predicted octanol–water partition coefficient (Wildman–Crippen LogP) is 2.37. The molecule has 1 fully saturated rings. The van der Waals surface area contributed by atoms with Crippen LogP contribution in [0.2, 0.25) is 0 Å². The van der Waals surface area contributed by atoms with E-state index in [1.807, 2.05) is 12.1 Å². The second-order valence-corrected chi connectivity index (χ2v) is 7.66. The highest BCUT2D eigenvalue weighted by atomic mass is 32.1. The molecule has 7 heteroatoms. The van der Waals surface area contributed by atoms with E-state index in [0.717, 1.165) is 57.5 Å². The van der Waals surface area contributed by atoms with Gasteiger partial charge in [0.2, 0.25) is 0 Å². The summed E-state index contributed by atoms with van der Waals surface area (Å²) >= 11 is 1.79. The molecule has 0 unspecified atom stereocenters. The second kappa shape index (κ2) is 11.7. The number of guanidine groups is 1. The average molecular weight is 403 g/mol. The molecule has 3 rings (SSSR count). The number of thiophene rings is 1. The van der Waals surface area contributed by atoms with E-state index in [-0.39, 0.29) is 0 Å². The largest absolute Gasteiger partial charge is 0.492 e. The summed E-state index contributed by atoms with van der Waals surface area (Å²) in [5.41, 5.74) is 1.17. The van der Waals surface area contributed by atoms with Crippen molar-refractivity contribution in [2.75, 3.05) is 53.0 Å². The van der Waals surface area contributed by atoms with Crippen molar-refractivity contribution >= 4 is 17.3 Å². The molecule has 2 aromatic rings. The van der Waals surface area contributed by atoms with Gasteiger partial charge in [0.25, 0.3) is 0 Å². The lowest BCUT2D eigenvalue weighted by Crippen LogP contribution is -2.38. The molecule has 28 heavy (non-hydrogen) atoms. The number of morpholine rings is 1. The summed E-state index contributed by atoms with van der Waals surface area (Å²) in [6, 6.07) is 12.5. The highest BCUT2D eigenvalue weighted by Crippen LogP contribution is 2.13. The number of nitrogens with one attached hydrogen (secondary N) is 2. The average Bonchev–Trinajstić information content (AvgIpc) is 3.25. The Morgan fingerprint density at radius 3 is 2.89 bits per heavy atom. The maximum absolute atomic E-state index is 5.93. The van der Waals surface area contributed by atoms with Gasteiger partial charge in [0.05, 0.1) is 13.2 Å². The summed E-state index contributed by atoms with van der Waals surface area (Å²) in [5.74, 6) is 1.73. The zero-order chi connectivity index (χ0) is 19.4. The number of rotatable bonds is 9. The molecule has 0 atom stereocenters. The van der Waals surface area contributed by atoms with Crippen molar-refractivity contribution in [1.82, 2.24) is 15.5 Å². The van der Waals surface area contributed by atoms with Gasteiger partial charge in [0, 0.05) is 44.6 Å². The maximum atomic E-state index is 5.93. The molecule has 0 bridgehead atoms. The molecule has 2 heterocycles. The highest BCUT2D eigenvalue weighted by Gasteiger charge is 2.09. The molecule has 2 N–H and O–H groups in total. The van der Waals surface area contributed by atoms with Crippen LogP contribution in [0.15, 0.2) is 46.8 Å². The Balaban J connectivity index is 1.37. The Labute approximate surface area is 171 Å². The molecule has 6 nitrogen and oxygen atoms in total. The van der Waals surface area contributed by atoms with Crippen LogP contribution in [0.3, 0.4) is 0 Å². The number of nitrogens with zero attached hydrogens (tertiary/aromatic N) is 2. The molecular weight excluding hydrogens is 372 g/mol. The van der Waals surface area contributed by atoms with Crippen molar-refractivity contribution in [3.05, 3.63) is 52.2 Å². The zero-order valence-electron chi connectivity index (χ0n) is 16.5. The first-order valence-corrected chi connectivity index (χ1v) is 10.7. The molecule has 1 aliphatic heterocycles. The van der Waals surface area contributed by atoms with E-state index >= 15 is 0 Å². The monoisotopic (exact) mass is 402 g/mol. The van der Waals surface area contributed by atoms with Gasteiger partial charge in [-0.1, -0.05) is 18.2 Å². The summed E-state index contributed by atoms with van der Waals surface area (Å²) in [6.07, 6.45) is 1.00. The Morgan fingerprint density at radius 1 is 1.21 bits per heavy atom. The van der Waals surface area contributed by atoms with Crippen molar-refractivity contribution in [1.29, 1.82) is 0 Å². The SMILES string of the molecule is CN=C(NCCc1cccs1)NCc1cccc(OCCN2CCOCC2)c1. The fourth-order valence-electron chi connectivity index (χ4n) is 3.03. The molecule has 1 saturated heterocycles. The van der Waals surface area contributed by atoms with Gasteiger partial charge in [-0.15, -0.1) is 11.3 Å². The number of aliphatic imine (C=N–C) groups is 1. The summed E-state index contributed by atoms with van der Waals surface area (Å²) in [4.78, 5) is 8.05. The topological polar surface area (TPSA) is 58.1 Å². The number of benzene rings is 1. The van der Waals surface area contributed by atoms with Gasteiger partial charge in [0.15, 0.2) is 5.96 Å². The van der Waals surface area contributed by atoms with Crippen LogP contribution < -0.4 is 15.4 Å². The van der Waals surface area contributed by atoms with E-state index in [1.54, 1.807) is 18.4 Å². The first-order chi connectivity index (χ1) is 13.8. The lowest BCUT2D eigenvalue weighted by molar-refractivity contribution is 0.0322. The molecule has 1 aliphatic rings. The lowest BCUT2D eigenvalue weighted by Gasteiger charge is -2.26. The maximum Gasteiger partial charge on any atom is 0.191 e. The molecule has 1 aromatic carbocycles. The third-order valence-corrected chi connectivity index (χ3v) is 5.54. The van der Waals surface area contributed by atoms with Crippen molar-refractivity contribution in [2.45, 2.75) is 13.0 Å². The lowest BCUT2D eigenvalue weighted by atomic mass is 10.2. The van der Waals surface area contributed by atoms with Crippen molar-refractivity contribution in [3.8, 4) is 5.75 Å². The Kier molecular flexibility index (Phi) is 8.61. The van der Waals surface area contributed by atoms with Gasteiger partial charge in [0.1, 0.15) is 12.4 Å². The molecule has 0 amide bonds. The minimum Gasteiger partial charge on any atom is -0.492 e. The first kappa shape index (κ1) is 20.6. The molecule has 0 spiro atoms. The van der Waals surface area contributed by atoms with Gasteiger partial charge in [-0.25, -0.2) is 0 Å². The normalized spacial score (nSPS) is 15.4. The van der Waals surface area contributed by atoms with Gasteiger partial charge >= 0.3 is 0 Å². The fourth-order valence-corrected chi connectivity index (χ4v) is 3.74. The summed E-state index contributed by atoms with van der Waals surface area (Å²) in [5, 5.41) is 8.84. The Bertz CT molecular complexity index is 715. The summed E-state index contributed by atoms with van der Waals surface area (Å²) in [6.45, 7) is 6.84. The minimum absolute atomic E-state index is 0.697. The molecule has 0 aliphatic carbocycles. The number of hydrogen-bond donors (Lipinski definition) is 2. The van der Waals surface area contributed by atoms with Crippen LogP contribution in [0.25, 0.3) is 0 Å².